The molecule has 0 heterocycles. The molecule has 1 amide bonds. The summed E-state index contributed by atoms with van der Waals surface area (Å²) in [5.41, 5.74) is 0.537. The largest absolute Gasteiger partial charge is 0.397 e. The first-order valence-corrected chi connectivity index (χ1v) is 4.98. The predicted octanol–water partition coefficient (Wildman–Crippen LogP) is 1.92. The fourth-order valence-electron chi connectivity index (χ4n) is 1.21. The molecule has 0 aromatic heterocycles. The maximum atomic E-state index is 12.0. The molecule has 0 spiro atoms. The van der Waals surface area contributed by atoms with Gasteiger partial charge >= 0.3 is 6.18 Å². The molecule has 0 unspecified atom stereocenters. The molecular weight excluding hydrogens is 247 g/mol. The minimum atomic E-state index is -4.55. The molecule has 1 rings (SSSR count). The lowest BCUT2D eigenvalue weighted by molar-refractivity contribution is -0.150. The van der Waals surface area contributed by atoms with Crippen LogP contribution in [0.5, 0.6) is 0 Å². The van der Waals surface area contributed by atoms with Crippen molar-refractivity contribution in [2.45, 2.75) is 12.6 Å². The van der Waals surface area contributed by atoms with Gasteiger partial charge in [-0.2, -0.15) is 13.2 Å². The van der Waals surface area contributed by atoms with Crippen LogP contribution in [-0.2, 0) is 4.79 Å². The zero-order valence-electron chi connectivity index (χ0n) is 9.21. The summed E-state index contributed by atoms with van der Waals surface area (Å²) in [6.07, 6.45) is -6.09. The zero-order chi connectivity index (χ0) is 13.6. The van der Waals surface area contributed by atoms with Gasteiger partial charge in [0.1, 0.15) is 13.0 Å². The topological polar surface area (TPSA) is 49.3 Å². The molecule has 0 aliphatic rings. The van der Waals surface area contributed by atoms with E-state index in [0.29, 0.717) is 5.56 Å². The van der Waals surface area contributed by atoms with E-state index in [-0.39, 0.29) is 12.3 Å². The number of anilines is 1. The number of carbonyl (C=O) groups is 1. The van der Waals surface area contributed by atoms with E-state index >= 15 is 0 Å². The number of benzene rings is 1. The van der Waals surface area contributed by atoms with E-state index in [9.17, 15) is 18.0 Å². The third-order valence-electron chi connectivity index (χ3n) is 1.86. The van der Waals surface area contributed by atoms with Crippen molar-refractivity contribution in [1.82, 2.24) is 0 Å². The number of hydrogen-bond acceptors (Lipinski definition) is 2. The third-order valence-corrected chi connectivity index (χ3v) is 1.86. The van der Waals surface area contributed by atoms with Gasteiger partial charge in [-0.3, -0.25) is 4.79 Å². The van der Waals surface area contributed by atoms with Gasteiger partial charge < -0.3 is 10.4 Å². The van der Waals surface area contributed by atoms with E-state index in [2.05, 4.69) is 17.2 Å². The van der Waals surface area contributed by atoms with Gasteiger partial charge in [-0.15, -0.1) is 0 Å². The molecule has 0 saturated heterocycles. The van der Waals surface area contributed by atoms with Crippen molar-refractivity contribution >= 4 is 11.6 Å². The number of aliphatic hydroxyl groups is 1. The van der Waals surface area contributed by atoms with Crippen LogP contribution in [0.25, 0.3) is 0 Å². The summed E-state index contributed by atoms with van der Waals surface area (Å²) in [5.74, 6) is 3.74. The van der Waals surface area contributed by atoms with Crippen LogP contribution >= 0.6 is 0 Å². The van der Waals surface area contributed by atoms with E-state index in [0.717, 1.165) is 0 Å². The standard InChI is InChI=1S/C12H10F3NO2/c13-12(14,15)8-11(18)16-10-6-2-1-4-9(10)5-3-7-17/h1-2,4,6,17H,7-8H2,(H,16,18). The van der Waals surface area contributed by atoms with Gasteiger partial charge in [-0.05, 0) is 12.1 Å². The van der Waals surface area contributed by atoms with E-state index in [1.807, 2.05) is 0 Å². The van der Waals surface area contributed by atoms with Crippen LogP contribution < -0.4 is 5.32 Å². The molecular formula is C12H10F3NO2. The number of rotatable bonds is 2. The second-order valence-electron chi connectivity index (χ2n) is 3.35. The van der Waals surface area contributed by atoms with Crippen molar-refractivity contribution in [3.05, 3.63) is 29.8 Å². The fourth-order valence-corrected chi connectivity index (χ4v) is 1.21. The molecule has 0 radical (unpaired) electrons. The van der Waals surface area contributed by atoms with Gasteiger partial charge in [0.25, 0.3) is 0 Å². The number of para-hydroxylation sites is 1. The molecule has 0 aliphatic heterocycles. The minimum Gasteiger partial charge on any atom is -0.384 e. The van der Waals surface area contributed by atoms with Gasteiger partial charge in [-0.25, -0.2) is 0 Å². The summed E-state index contributed by atoms with van der Waals surface area (Å²) in [5, 5.41) is 10.7. The first kappa shape index (κ1) is 14.1. The molecule has 1 aromatic rings. The Morgan fingerprint density at radius 1 is 1.33 bits per heavy atom. The van der Waals surface area contributed by atoms with Gasteiger partial charge in [0.2, 0.25) is 5.91 Å². The first-order chi connectivity index (χ1) is 8.42. The molecule has 3 nitrogen and oxygen atoms in total. The van der Waals surface area contributed by atoms with Crippen molar-refractivity contribution in [1.29, 1.82) is 0 Å². The van der Waals surface area contributed by atoms with Crippen LogP contribution in [0.3, 0.4) is 0 Å². The Morgan fingerprint density at radius 2 is 2.00 bits per heavy atom. The van der Waals surface area contributed by atoms with E-state index in [1.165, 1.54) is 12.1 Å². The lowest BCUT2D eigenvalue weighted by Crippen LogP contribution is -2.21. The SMILES string of the molecule is O=C(CC(F)(F)F)Nc1ccccc1C#CCO. The van der Waals surface area contributed by atoms with Gasteiger partial charge in [0, 0.05) is 5.56 Å². The van der Waals surface area contributed by atoms with Crippen LogP contribution in [0.4, 0.5) is 18.9 Å². The Bertz CT molecular complexity index is 486. The van der Waals surface area contributed by atoms with E-state index in [1.54, 1.807) is 12.1 Å². The minimum absolute atomic E-state index is 0.188. The number of alkyl halides is 3. The summed E-state index contributed by atoms with van der Waals surface area (Å²) in [6, 6.07) is 6.16. The highest BCUT2D eigenvalue weighted by molar-refractivity contribution is 5.92. The lowest BCUT2D eigenvalue weighted by atomic mass is 10.2. The summed E-state index contributed by atoms with van der Waals surface area (Å²) in [4.78, 5) is 11.1. The maximum absolute atomic E-state index is 12.0. The Morgan fingerprint density at radius 3 is 2.61 bits per heavy atom. The average Bonchev–Trinajstić information content (AvgIpc) is 2.25. The van der Waals surface area contributed by atoms with Crippen LogP contribution in [0, 0.1) is 11.8 Å². The highest BCUT2D eigenvalue weighted by Crippen LogP contribution is 2.21. The van der Waals surface area contributed by atoms with Crippen molar-refractivity contribution < 1.29 is 23.1 Å². The number of carbonyl (C=O) groups excluding carboxylic acids is 1. The first-order valence-electron chi connectivity index (χ1n) is 4.98. The molecule has 0 bridgehead atoms. The maximum Gasteiger partial charge on any atom is 0.397 e. The van der Waals surface area contributed by atoms with Gasteiger partial charge in [0.15, 0.2) is 0 Å². The Kier molecular flexibility index (Phi) is 4.75. The highest BCUT2D eigenvalue weighted by Gasteiger charge is 2.31. The van der Waals surface area contributed by atoms with E-state index in [4.69, 9.17) is 5.11 Å². The molecule has 1 aromatic carbocycles. The summed E-state index contributed by atoms with van der Waals surface area (Å²) >= 11 is 0. The number of nitrogens with one attached hydrogen (secondary N) is 1. The predicted molar refractivity (Wildman–Crippen MR) is 59.7 cm³/mol. The van der Waals surface area contributed by atoms with Gasteiger partial charge in [0.05, 0.1) is 5.69 Å². The van der Waals surface area contributed by atoms with Crippen LogP contribution in [0.2, 0.25) is 0 Å². The summed E-state index contributed by atoms with van der Waals surface area (Å²) in [7, 11) is 0. The smallest absolute Gasteiger partial charge is 0.384 e. The number of hydrogen-bond donors (Lipinski definition) is 2. The Balaban J connectivity index is 2.81. The number of aliphatic hydroxyl groups excluding tert-OH is 1. The Labute approximate surface area is 102 Å². The lowest BCUT2D eigenvalue weighted by Gasteiger charge is -2.09. The van der Waals surface area contributed by atoms with Crippen LogP contribution in [-0.4, -0.2) is 23.8 Å². The normalized spacial score (nSPS) is 10.4. The quantitative estimate of drug-likeness (QED) is 0.795. The zero-order valence-corrected chi connectivity index (χ0v) is 9.21. The monoisotopic (exact) mass is 257 g/mol. The molecule has 0 atom stereocenters. The molecule has 6 heteroatoms. The van der Waals surface area contributed by atoms with Crippen molar-refractivity contribution in [3.8, 4) is 11.8 Å². The van der Waals surface area contributed by atoms with Crippen molar-refractivity contribution in [2.75, 3.05) is 11.9 Å². The van der Waals surface area contributed by atoms with Crippen LogP contribution in [0.1, 0.15) is 12.0 Å². The fraction of sp³-hybridized carbons (Fsp3) is 0.250. The Hall–Kier alpha value is -2.00. The van der Waals surface area contributed by atoms with Gasteiger partial charge in [-0.1, -0.05) is 24.0 Å². The molecule has 0 saturated carbocycles. The number of halogens is 3. The average molecular weight is 257 g/mol. The van der Waals surface area contributed by atoms with Crippen LogP contribution in [0.15, 0.2) is 24.3 Å². The van der Waals surface area contributed by atoms with Crippen molar-refractivity contribution in [2.24, 2.45) is 0 Å². The van der Waals surface area contributed by atoms with Crippen molar-refractivity contribution in [3.63, 3.8) is 0 Å². The second-order valence-corrected chi connectivity index (χ2v) is 3.35. The number of amides is 1. The summed E-state index contributed by atoms with van der Waals surface area (Å²) < 4.78 is 36.0. The second kappa shape index (κ2) is 6.07. The molecule has 18 heavy (non-hydrogen) atoms. The molecule has 0 fully saturated rings. The molecule has 2 N–H and O–H groups in total. The molecule has 0 aliphatic carbocycles. The highest BCUT2D eigenvalue weighted by atomic mass is 19.4. The third kappa shape index (κ3) is 4.89. The summed E-state index contributed by atoms with van der Waals surface area (Å²) in [6.45, 7) is -0.370. The molecule has 96 valence electrons. The van der Waals surface area contributed by atoms with E-state index < -0.39 is 18.5 Å².